The number of hydrogen-bond acceptors (Lipinski definition) is 4. The molecule has 1 spiro atoms. The van der Waals surface area contributed by atoms with Crippen molar-refractivity contribution < 1.29 is 23.4 Å². The van der Waals surface area contributed by atoms with E-state index in [4.69, 9.17) is 14.7 Å². The molecule has 3 rings (SSSR count). The predicted octanol–water partition coefficient (Wildman–Crippen LogP) is 4.45. The van der Waals surface area contributed by atoms with Gasteiger partial charge in [-0.1, -0.05) is 22.5 Å². The number of hydrogen-bond donors (Lipinski definition) is 1. The van der Waals surface area contributed by atoms with Crippen molar-refractivity contribution in [3.8, 4) is 11.8 Å². The van der Waals surface area contributed by atoms with Crippen molar-refractivity contribution >= 4 is 15.9 Å². The Bertz CT molecular complexity index is 878. The van der Waals surface area contributed by atoms with Gasteiger partial charge in [0, 0.05) is 23.8 Å². The molecule has 3 atom stereocenters. The topological polar surface area (TPSA) is 62.5 Å². The molecule has 27 heavy (non-hydrogen) atoms. The minimum absolute atomic E-state index is 0.0522. The summed E-state index contributed by atoms with van der Waals surface area (Å²) in [7, 11) is 0. The van der Waals surface area contributed by atoms with E-state index in [0.29, 0.717) is 29.5 Å². The molecule has 1 aliphatic carbocycles. The summed E-state index contributed by atoms with van der Waals surface area (Å²) in [5, 5.41) is 19.6. The van der Waals surface area contributed by atoms with Crippen molar-refractivity contribution in [2.45, 2.75) is 37.6 Å². The summed E-state index contributed by atoms with van der Waals surface area (Å²) in [5.41, 5.74) is -0.486. The zero-order chi connectivity index (χ0) is 19.8. The number of nitrogens with zero attached hydrogens (tertiary/aromatic N) is 1. The summed E-state index contributed by atoms with van der Waals surface area (Å²) in [6.45, 7) is 5.81. The number of rotatable bonds is 3. The standard InChI is InChI=1S/C20H18BrF2NO3/c1-3-15(27-14-8-12(10-24)7-13(22)9-14)16-17(11(2)21)20(5-4-6-26-20)19(23)18(16)25/h3,7-9,18-19,25H,1,4-6H2,2H3/b16-15?,17-11-. The van der Waals surface area contributed by atoms with Gasteiger partial charge in [0.1, 0.15) is 29.0 Å². The largest absolute Gasteiger partial charge is 0.457 e. The van der Waals surface area contributed by atoms with E-state index in [-0.39, 0.29) is 22.6 Å². The van der Waals surface area contributed by atoms with Crippen molar-refractivity contribution in [2.24, 2.45) is 0 Å². The lowest BCUT2D eigenvalue weighted by Gasteiger charge is -2.27. The molecule has 1 heterocycles. The molecule has 0 amide bonds. The van der Waals surface area contributed by atoms with Gasteiger partial charge < -0.3 is 14.6 Å². The van der Waals surface area contributed by atoms with Gasteiger partial charge in [-0.15, -0.1) is 0 Å². The number of ether oxygens (including phenoxy) is 2. The Balaban J connectivity index is 2.13. The van der Waals surface area contributed by atoms with Crippen LogP contribution < -0.4 is 4.74 Å². The molecule has 2 aliphatic rings. The van der Waals surface area contributed by atoms with Gasteiger partial charge in [0.15, 0.2) is 6.17 Å². The van der Waals surface area contributed by atoms with Crippen molar-refractivity contribution in [1.82, 2.24) is 0 Å². The van der Waals surface area contributed by atoms with Crippen molar-refractivity contribution in [1.29, 1.82) is 5.26 Å². The van der Waals surface area contributed by atoms with Crippen LogP contribution in [0.5, 0.6) is 5.75 Å². The van der Waals surface area contributed by atoms with E-state index >= 15 is 4.39 Å². The van der Waals surface area contributed by atoms with Crippen LogP contribution in [0, 0.1) is 17.1 Å². The Labute approximate surface area is 164 Å². The molecule has 1 saturated heterocycles. The molecule has 4 nitrogen and oxygen atoms in total. The molecule has 1 aliphatic heterocycles. The van der Waals surface area contributed by atoms with Gasteiger partial charge in [0.25, 0.3) is 0 Å². The molecular formula is C20H18BrF2NO3. The van der Waals surface area contributed by atoms with Crippen molar-refractivity contribution in [3.05, 3.63) is 63.6 Å². The Morgan fingerprint density at radius 3 is 2.81 bits per heavy atom. The molecular weight excluding hydrogens is 420 g/mol. The number of halogens is 3. The highest BCUT2D eigenvalue weighted by molar-refractivity contribution is 9.11. The lowest BCUT2D eigenvalue weighted by molar-refractivity contribution is -0.0434. The normalized spacial score (nSPS) is 31.0. The highest BCUT2D eigenvalue weighted by atomic mass is 79.9. The van der Waals surface area contributed by atoms with Crippen LogP contribution in [0.4, 0.5) is 8.78 Å². The lowest BCUT2D eigenvalue weighted by atomic mass is 9.91. The maximum Gasteiger partial charge on any atom is 0.163 e. The van der Waals surface area contributed by atoms with Crippen LogP contribution >= 0.6 is 15.9 Å². The fraction of sp³-hybridized carbons (Fsp3) is 0.350. The molecule has 0 radical (unpaired) electrons. The van der Waals surface area contributed by atoms with E-state index in [1.165, 1.54) is 12.1 Å². The third-order valence-electron chi connectivity index (χ3n) is 4.79. The summed E-state index contributed by atoms with van der Waals surface area (Å²) in [4.78, 5) is 0. The smallest absolute Gasteiger partial charge is 0.163 e. The molecule has 3 unspecified atom stereocenters. The molecule has 2 fully saturated rings. The van der Waals surface area contributed by atoms with Gasteiger partial charge in [-0.05, 0) is 42.5 Å². The van der Waals surface area contributed by atoms with E-state index in [9.17, 15) is 9.50 Å². The number of allylic oxidation sites excluding steroid dienone is 2. The zero-order valence-electron chi connectivity index (χ0n) is 14.6. The molecule has 142 valence electrons. The second kappa shape index (κ2) is 7.55. The molecule has 7 heteroatoms. The van der Waals surface area contributed by atoms with Crippen LogP contribution in [-0.2, 0) is 4.74 Å². The third-order valence-corrected chi connectivity index (χ3v) is 5.18. The van der Waals surface area contributed by atoms with Gasteiger partial charge in [0.05, 0.1) is 11.6 Å². The van der Waals surface area contributed by atoms with E-state index in [2.05, 4.69) is 22.5 Å². The average molecular weight is 438 g/mol. The minimum atomic E-state index is -1.67. The van der Waals surface area contributed by atoms with Gasteiger partial charge in [-0.2, -0.15) is 5.26 Å². The van der Waals surface area contributed by atoms with Crippen LogP contribution in [0.25, 0.3) is 0 Å². The number of benzene rings is 1. The van der Waals surface area contributed by atoms with Gasteiger partial charge in [-0.25, -0.2) is 8.78 Å². The zero-order valence-corrected chi connectivity index (χ0v) is 16.2. The second-order valence-electron chi connectivity index (χ2n) is 6.47. The summed E-state index contributed by atoms with van der Waals surface area (Å²) in [5.74, 6) is -0.506. The first-order chi connectivity index (χ1) is 12.8. The maximum absolute atomic E-state index is 15.1. The summed E-state index contributed by atoms with van der Waals surface area (Å²) < 4.78 is 40.9. The Morgan fingerprint density at radius 1 is 1.52 bits per heavy atom. The Hall–Kier alpha value is -2.01. The number of aliphatic hydroxyl groups excluding tert-OH is 1. The highest BCUT2D eigenvalue weighted by Crippen LogP contribution is 2.52. The third kappa shape index (κ3) is 3.33. The fourth-order valence-electron chi connectivity index (χ4n) is 3.76. The lowest BCUT2D eigenvalue weighted by Crippen LogP contribution is -2.39. The fourth-order valence-corrected chi connectivity index (χ4v) is 4.31. The van der Waals surface area contributed by atoms with Crippen LogP contribution in [-0.4, -0.2) is 29.6 Å². The summed E-state index contributed by atoms with van der Waals surface area (Å²) in [6, 6.07) is 5.38. The SMILES string of the molecule is C=CC(Oc1cc(F)cc(C#N)c1)=C1/C(=C(\C)Br)C2(CCCO2)C(F)C1O. The first-order valence-corrected chi connectivity index (χ1v) is 9.22. The number of aliphatic hydroxyl groups is 1. The first kappa shape index (κ1) is 19.7. The van der Waals surface area contributed by atoms with Gasteiger partial charge in [0.2, 0.25) is 0 Å². The van der Waals surface area contributed by atoms with Crippen LogP contribution in [0.3, 0.4) is 0 Å². The Kier molecular flexibility index (Phi) is 5.52. The summed E-state index contributed by atoms with van der Waals surface area (Å²) in [6.07, 6.45) is -0.729. The van der Waals surface area contributed by atoms with E-state index < -0.39 is 23.7 Å². The summed E-state index contributed by atoms with van der Waals surface area (Å²) >= 11 is 3.39. The monoisotopic (exact) mass is 437 g/mol. The molecule has 1 saturated carbocycles. The molecule has 0 bridgehead atoms. The molecule has 0 aromatic heterocycles. The molecule has 1 N–H and O–H groups in total. The van der Waals surface area contributed by atoms with Gasteiger partial charge in [-0.3, -0.25) is 0 Å². The molecule has 1 aromatic carbocycles. The first-order valence-electron chi connectivity index (χ1n) is 8.42. The quantitative estimate of drug-likeness (QED) is 0.709. The van der Waals surface area contributed by atoms with Crippen LogP contribution in [0.1, 0.15) is 25.3 Å². The van der Waals surface area contributed by atoms with E-state index in [1.54, 1.807) is 6.92 Å². The van der Waals surface area contributed by atoms with E-state index in [1.807, 2.05) is 6.07 Å². The highest BCUT2D eigenvalue weighted by Gasteiger charge is 2.59. The van der Waals surface area contributed by atoms with Crippen LogP contribution in [0.2, 0.25) is 0 Å². The Morgan fingerprint density at radius 2 is 2.26 bits per heavy atom. The van der Waals surface area contributed by atoms with E-state index in [0.717, 1.165) is 12.1 Å². The average Bonchev–Trinajstić information content (AvgIpc) is 3.19. The number of alkyl halides is 1. The molecule has 1 aromatic rings. The van der Waals surface area contributed by atoms with Gasteiger partial charge >= 0.3 is 0 Å². The number of nitriles is 1. The predicted molar refractivity (Wildman–Crippen MR) is 99.4 cm³/mol. The van der Waals surface area contributed by atoms with Crippen LogP contribution in [0.15, 0.2) is 52.2 Å². The minimum Gasteiger partial charge on any atom is -0.457 e. The second-order valence-corrected chi connectivity index (χ2v) is 7.66. The van der Waals surface area contributed by atoms with Crippen molar-refractivity contribution in [2.75, 3.05) is 6.61 Å². The van der Waals surface area contributed by atoms with Crippen molar-refractivity contribution in [3.63, 3.8) is 0 Å². The maximum atomic E-state index is 15.1.